The van der Waals surface area contributed by atoms with Crippen LogP contribution in [0.2, 0.25) is 0 Å². The van der Waals surface area contributed by atoms with Gasteiger partial charge in [-0.15, -0.1) is 0 Å². The van der Waals surface area contributed by atoms with Crippen LogP contribution in [0.4, 0.5) is 5.69 Å². The van der Waals surface area contributed by atoms with Crippen molar-refractivity contribution in [3.63, 3.8) is 0 Å². The van der Waals surface area contributed by atoms with Crippen molar-refractivity contribution >= 4 is 17.5 Å². The molecule has 0 heterocycles. The third-order valence-electron chi connectivity index (χ3n) is 2.69. The average molecular weight is 273 g/mol. The lowest BCUT2D eigenvalue weighted by Gasteiger charge is -2.22. The van der Waals surface area contributed by atoms with Crippen molar-refractivity contribution in [2.24, 2.45) is 5.92 Å². The van der Waals surface area contributed by atoms with E-state index in [9.17, 15) is 9.59 Å². The SMILES string of the molecule is CC(=O)N(CC(=O)Nc1ccccc1C#N)CC(C)C. The highest BCUT2D eigenvalue weighted by molar-refractivity contribution is 5.95. The van der Waals surface area contributed by atoms with E-state index in [-0.39, 0.29) is 24.3 Å². The third kappa shape index (κ3) is 4.73. The molecule has 0 aliphatic carbocycles. The molecule has 0 saturated carbocycles. The Morgan fingerprint density at radius 2 is 2.00 bits per heavy atom. The zero-order valence-corrected chi connectivity index (χ0v) is 12.0. The van der Waals surface area contributed by atoms with Crippen molar-refractivity contribution in [3.05, 3.63) is 29.8 Å². The quantitative estimate of drug-likeness (QED) is 0.891. The minimum atomic E-state index is -0.302. The van der Waals surface area contributed by atoms with E-state index in [0.29, 0.717) is 17.8 Å². The second kappa shape index (κ2) is 7.29. The van der Waals surface area contributed by atoms with Gasteiger partial charge in [-0.1, -0.05) is 26.0 Å². The molecule has 0 bridgehead atoms. The molecular weight excluding hydrogens is 254 g/mol. The van der Waals surface area contributed by atoms with Gasteiger partial charge in [0.05, 0.1) is 17.8 Å². The van der Waals surface area contributed by atoms with Crippen molar-refractivity contribution in [2.75, 3.05) is 18.4 Å². The fourth-order valence-electron chi connectivity index (χ4n) is 1.80. The number of benzene rings is 1. The molecule has 0 unspecified atom stereocenters. The van der Waals surface area contributed by atoms with Crippen LogP contribution in [0, 0.1) is 17.2 Å². The molecule has 0 fully saturated rings. The van der Waals surface area contributed by atoms with Crippen molar-refractivity contribution in [1.82, 2.24) is 4.90 Å². The molecule has 2 amide bonds. The van der Waals surface area contributed by atoms with Crippen LogP contribution in [0.25, 0.3) is 0 Å². The molecule has 0 aromatic heterocycles. The monoisotopic (exact) mass is 273 g/mol. The van der Waals surface area contributed by atoms with Crippen LogP contribution < -0.4 is 5.32 Å². The minimum Gasteiger partial charge on any atom is -0.333 e. The van der Waals surface area contributed by atoms with E-state index in [0.717, 1.165) is 0 Å². The highest BCUT2D eigenvalue weighted by atomic mass is 16.2. The predicted octanol–water partition coefficient (Wildman–Crippen LogP) is 2.00. The van der Waals surface area contributed by atoms with Crippen LogP contribution in [0.15, 0.2) is 24.3 Å². The second-order valence-corrected chi connectivity index (χ2v) is 5.00. The first kappa shape index (κ1) is 15.7. The van der Waals surface area contributed by atoms with Crippen molar-refractivity contribution in [2.45, 2.75) is 20.8 Å². The molecule has 0 saturated heterocycles. The third-order valence-corrected chi connectivity index (χ3v) is 2.69. The Kier molecular flexibility index (Phi) is 5.73. The van der Waals surface area contributed by atoms with Crippen molar-refractivity contribution in [1.29, 1.82) is 5.26 Å². The molecule has 0 atom stereocenters. The van der Waals surface area contributed by atoms with Gasteiger partial charge in [-0.3, -0.25) is 9.59 Å². The number of rotatable bonds is 5. The summed E-state index contributed by atoms with van der Waals surface area (Å²) in [7, 11) is 0. The van der Waals surface area contributed by atoms with Gasteiger partial charge in [0.2, 0.25) is 11.8 Å². The zero-order valence-electron chi connectivity index (χ0n) is 12.0. The van der Waals surface area contributed by atoms with Gasteiger partial charge in [-0.2, -0.15) is 5.26 Å². The molecule has 0 radical (unpaired) electrons. The second-order valence-electron chi connectivity index (χ2n) is 5.00. The lowest BCUT2D eigenvalue weighted by molar-refractivity contribution is -0.133. The Morgan fingerprint density at radius 3 is 2.55 bits per heavy atom. The summed E-state index contributed by atoms with van der Waals surface area (Å²) >= 11 is 0. The molecule has 5 nitrogen and oxygen atoms in total. The number of nitrogens with one attached hydrogen (secondary N) is 1. The van der Waals surface area contributed by atoms with Crippen molar-refractivity contribution in [3.8, 4) is 6.07 Å². The van der Waals surface area contributed by atoms with Gasteiger partial charge < -0.3 is 10.2 Å². The fourth-order valence-corrected chi connectivity index (χ4v) is 1.80. The molecule has 0 spiro atoms. The Morgan fingerprint density at radius 1 is 1.35 bits per heavy atom. The standard InChI is InChI=1S/C15H19N3O2/c1-11(2)9-18(12(3)19)10-15(20)17-14-7-5-4-6-13(14)8-16/h4-7,11H,9-10H2,1-3H3,(H,17,20). The van der Waals surface area contributed by atoms with Crippen LogP contribution in [0.5, 0.6) is 0 Å². The number of para-hydroxylation sites is 1. The normalized spacial score (nSPS) is 9.95. The van der Waals surface area contributed by atoms with Crippen LogP contribution in [0.3, 0.4) is 0 Å². The van der Waals surface area contributed by atoms with E-state index in [2.05, 4.69) is 5.32 Å². The molecule has 1 N–H and O–H groups in total. The molecule has 20 heavy (non-hydrogen) atoms. The summed E-state index contributed by atoms with van der Waals surface area (Å²) in [5, 5.41) is 11.6. The van der Waals surface area contributed by atoms with Gasteiger partial charge in [0.1, 0.15) is 6.07 Å². The van der Waals surface area contributed by atoms with Gasteiger partial charge in [-0.25, -0.2) is 0 Å². The molecule has 0 aliphatic heterocycles. The topological polar surface area (TPSA) is 73.2 Å². The van der Waals surface area contributed by atoms with E-state index < -0.39 is 0 Å². The first-order valence-corrected chi connectivity index (χ1v) is 6.48. The van der Waals surface area contributed by atoms with E-state index >= 15 is 0 Å². The van der Waals surface area contributed by atoms with Crippen LogP contribution in [0.1, 0.15) is 26.3 Å². The van der Waals surface area contributed by atoms with Crippen LogP contribution in [-0.2, 0) is 9.59 Å². The number of amides is 2. The molecule has 5 heteroatoms. The molecule has 1 rings (SSSR count). The summed E-state index contributed by atoms with van der Waals surface area (Å²) in [6.45, 7) is 5.94. The smallest absolute Gasteiger partial charge is 0.244 e. The van der Waals surface area contributed by atoms with Gasteiger partial charge in [0.25, 0.3) is 0 Å². The van der Waals surface area contributed by atoms with Crippen LogP contribution in [-0.4, -0.2) is 29.8 Å². The first-order chi connectivity index (χ1) is 9.43. The van der Waals surface area contributed by atoms with E-state index in [1.807, 2.05) is 19.9 Å². The summed E-state index contributed by atoms with van der Waals surface area (Å²) in [4.78, 5) is 24.9. The van der Waals surface area contributed by atoms with E-state index in [4.69, 9.17) is 5.26 Å². The molecule has 1 aromatic carbocycles. The predicted molar refractivity (Wildman–Crippen MR) is 76.9 cm³/mol. The zero-order chi connectivity index (χ0) is 15.1. The number of anilines is 1. The van der Waals surface area contributed by atoms with Gasteiger partial charge in [0.15, 0.2) is 0 Å². The highest BCUT2D eigenvalue weighted by Crippen LogP contribution is 2.13. The Balaban J connectivity index is 2.71. The number of carbonyl (C=O) groups excluding carboxylic acids is 2. The van der Waals surface area contributed by atoms with Crippen molar-refractivity contribution < 1.29 is 9.59 Å². The Labute approximate surface area is 119 Å². The molecule has 1 aromatic rings. The van der Waals surface area contributed by atoms with Gasteiger partial charge >= 0.3 is 0 Å². The summed E-state index contributed by atoms with van der Waals surface area (Å²) in [5.74, 6) is -0.149. The molecular formula is C15H19N3O2. The maximum absolute atomic E-state index is 12.0. The number of nitriles is 1. The Bertz CT molecular complexity index is 532. The maximum Gasteiger partial charge on any atom is 0.244 e. The average Bonchev–Trinajstić information content (AvgIpc) is 2.37. The lowest BCUT2D eigenvalue weighted by atomic mass is 10.2. The summed E-state index contributed by atoms with van der Waals surface area (Å²) in [5.41, 5.74) is 0.868. The summed E-state index contributed by atoms with van der Waals surface area (Å²) < 4.78 is 0. The Hall–Kier alpha value is -2.35. The molecule has 106 valence electrons. The van der Waals surface area contributed by atoms with Crippen LogP contribution >= 0.6 is 0 Å². The van der Waals surface area contributed by atoms with E-state index in [1.54, 1.807) is 24.3 Å². The summed E-state index contributed by atoms with van der Waals surface area (Å²) in [6.07, 6.45) is 0. The summed E-state index contributed by atoms with van der Waals surface area (Å²) in [6, 6.07) is 8.78. The minimum absolute atomic E-state index is 0.00667. The maximum atomic E-state index is 12.0. The largest absolute Gasteiger partial charge is 0.333 e. The number of hydrogen-bond donors (Lipinski definition) is 1. The highest BCUT2D eigenvalue weighted by Gasteiger charge is 2.15. The number of carbonyl (C=O) groups is 2. The first-order valence-electron chi connectivity index (χ1n) is 6.48. The van der Waals surface area contributed by atoms with Gasteiger partial charge in [-0.05, 0) is 18.1 Å². The van der Waals surface area contributed by atoms with Gasteiger partial charge in [0, 0.05) is 13.5 Å². The number of nitrogens with zero attached hydrogens (tertiary/aromatic N) is 2. The van der Waals surface area contributed by atoms with E-state index in [1.165, 1.54) is 11.8 Å². The lowest BCUT2D eigenvalue weighted by Crippen LogP contribution is -2.38. The fraction of sp³-hybridized carbons (Fsp3) is 0.400. The molecule has 0 aliphatic rings. The number of hydrogen-bond acceptors (Lipinski definition) is 3.